The Kier molecular flexibility index (Phi) is 16.8. The van der Waals surface area contributed by atoms with Crippen LogP contribution in [-0.2, 0) is 30.2 Å². The van der Waals surface area contributed by atoms with Crippen molar-refractivity contribution in [3.8, 4) is 12.1 Å². The van der Waals surface area contributed by atoms with E-state index >= 15 is 0 Å². The molecule has 2 saturated heterocycles. The summed E-state index contributed by atoms with van der Waals surface area (Å²) >= 11 is -22.5. The van der Waals surface area contributed by atoms with Crippen LogP contribution in [0, 0.1) is 22.7 Å². The van der Waals surface area contributed by atoms with Gasteiger partial charge in [-0.3, -0.25) is 19.8 Å². The first-order valence-electron chi connectivity index (χ1n) is 12.7. The van der Waals surface area contributed by atoms with Gasteiger partial charge >= 0.3 is 89.8 Å². The number of aromatic nitrogens is 2. The zero-order valence-electron chi connectivity index (χ0n) is 23.9. The molecule has 4 heterocycles. The topological polar surface area (TPSA) is 79.8 Å². The van der Waals surface area contributed by atoms with Gasteiger partial charge in [-0.15, -0.1) is 0 Å². The molecule has 2 aromatic rings. The molecule has 6 nitrogen and oxygen atoms in total. The van der Waals surface area contributed by atoms with Crippen LogP contribution in [-0.4, -0.2) is 83.9 Å². The van der Waals surface area contributed by atoms with Gasteiger partial charge in [0, 0.05) is 51.4 Å². The molecule has 0 spiro atoms. The minimum atomic E-state index is -11.2. The Balaban J connectivity index is 0. The molecule has 2 aromatic heterocycles. The van der Waals surface area contributed by atoms with Crippen LogP contribution >= 0.6 is 0 Å². The first-order valence-corrected chi connectivity index (χ1v) is 24.2. The third-order valence-corrected chi connectivity index (χ3v) is 5.46. The van der Waals surface area contributed by atoms with Crippen molar-refractivity contribution in [2.24, 2.45) is 0 Å². The van der Waals surface area contributed by atoms with Crippen molar-refractivity contribution in [1.82, 2.24) is 19.8 Å². The van der Waals surface area contributed by atoms with Gasteiger partial charge in [0.2, 0.25) is 0 Å². The second kappa shape index (κ2) is 16.6. The van der Waals surface area contributed by atoms with Crippen molar-refractivity contribution in [3.63, 3.8) is 0 Å². The van der Waals surface area contributed by atoms with E-state index in [2.05, 4.69) is 44.0 Å². The Morgan fingerprint density at radius 3 is 1.13 bits per heavy atom. The molecule has 258 valence electrons. The van der Waals surface area contributed by atoms with Gasteiger partial charge in [-0.25, -0.2) is 0 Å². The maximum atomic E-state index is 9.93. The Morgan fingerprint density at radius 2 is 0.911 bits per heavy atom. The maximum Gasteiger partial charge on any atom is 4.00 e. The van der Waals surface area contributed by atoms with E-state index in [0.29, 0.717) is 12.1 Å². The van der Waals surface area contributed by atoms with Crippen LogP contribution in [0.3, 0.4) is 0 Å². The second-order valence-corrected chi connectivity index (χ2v) is 20.3. The fraction of sp³-hybridized carbons (Fsp3) is 0.500. The summed E-state index contributed by atoms with van der Waals surface area (Å²) < 4.78 is 119. The van der Waals surface area contributed by atoms with Crippen LogP contribution < -0.4 is 0 Å². The predicted molar refractivity (Wildman–Crippen MR) is 143 cm³/mol. The molecule has 2 fully saturated rings. The summed E-state index contributed by atoms with van der Waals surface area (Å²) in [5, 5.41) is 14.6. The summed E-state index contributed by atoms with van der Waals surface area (Å²) in [7, 11) is 0. The van der Waals surface area contributed by atoms with Crippen molar-refractivity contribution in [2.75, 3.05) is 13.1 Å². The summed E-state index contributed by atoms with van der Waals surface area (Å²) in [5.74, 6) is 0. The molecule has 0 aromatic carbocycles. The first kappa shape index (κ1) is 45.6. The van der Waals surface area contributed by atoms with Gasteiger partial charge in [0.15, 0.2) is 0 Å². The molecule has 21 heteroatoms. The molecule has 4 rings (SSSR count). The van der Waals surface area contributed by atoms with E-state index in [1.165, 1.54) is 64.0 Å². The van der Waals surface area contributed by atoms with Gasteiger partial charge in [-0.1, -0.05) is 12.1 Å². The first-order chi connectivity index (χ1) is 19.6. The summed E-state index contributed by atoms with van der Waals surface area (Å²) in [4.78, 5) is 14.4. The summed E-state index contributed by atoms with van der Waals surface area (Å²) in [5.41, 5.74) is 2.39. The summed E-state index contributed by atoms with van der Waals surface area (Å²) in [6, 6.07) is 17.3. The molecule has 45 heavy (non-hydrogen) atoms. The number of nitriles is 2. The van der Waals surface area contributed by atoms with Gasteiger partial charge in [0.05, 0.1) is 23.5 Å². The SMILES string of the molecule is CC#N.CC#N.[F][Sb-]([F])([F])([F])([F])[F].[F][Sb-]([F])([F])([F])([F])[F].[Fe+4].c1ccc(CN2CCC[C@@H]2[C@H]2CCCN2Cc2ccccn2)nc1. The van der Waals surface area contributed by atoms with Crippen molar-refractivity contribution in [2.45, 2.75) is 64.7 Å². The number of likely N-dealkylation sites (tertiary alicyclic amines) is 2. The smallest absolute Gasteiger partial charge is 0.293 e. The number of hydrogen-bond donors (Lipinski definition) is 0. The molecule has 0 N–H and O–H groups in total. The molecule has 2 aliphatic heterocycles. The van der Waals surface area contributed by atoms with Crippen LogP contribution in [0.1, 0.15) is 50.9 Å². The Morgan fingerprint density at radius 1 is 0.644 bits per heavy atom. The van der Waals surface area contributed by atoms with Crippen LogP contribution in [0.15, 0.2) is 48.8 Å². The van der Waals surface area contributed by atoms with Crippen molar-refractivity contribution in [3.05, 3.63) is 60.2 Å². The normalized spacial score (nSPS) is 21.1. The Bertz CT molecular complexity index is 1100. The average molecular weight is 932 g/mol. The minimum absolute atomic E-state index is 0. The fourth-order valence-electron chi connectivity index (χ4n) is 4.37. The molecule has 0 unspecified atom stereocenters. The van der Waals surface area contributed by atoms with Gasteiger partial charge in [0.1, 0.15) is 0 Å². The van der Waals surface area contributed by atoms with Crippen molar-refractivity contribution >= 4 is 39.0 Å². The fourth-order valence-corrected chi connectivity index (χ4v) is 4.37. The van der Waals surface area contributed by atoms with E-state index in [1.807, 2.05) is 24.5 Å². The zero-order valence-corrected chi connectivity index (χ0v) is 30.1. The summed E-state index contributed by atoms with van der Waals surface area (Å²) in [6.07, 6.45) is 9.07. The van der Waals surface area contributed by atoms with Crippen molar-refractivity contribution in [1.29, 1.82) is 10.5 Å². The van der Waals surface area contributed by atoms with Crippen molar-refractivity contribution < 1.29 is 50.8 Å². The molecule has 0 bridgehead atoms. The standard InChI is InChI=1S/C20H26N4.2C2H3N.12FH.Fe.2Sb/c1-3-11-21-17(7-1)15-23-13-5-9-19(23)20-10-6-14-24(20)16-18-8-2-4-12-22-18;2*1-2-3;;;;;;;;;;;;;;;/h1-4,7-8,11-12,19-20H,5-6,9-10,13-16H2;2*1H3;12*1H;;;/q;;;;;;;;;;;;;;;+4;2*+5/p-12/t19-,20-;;;;;;;;;;;;;;;;;/m1................./s1. The number of nitrogens with zero attached hydrogens (tertiary/aromatic N) is 6. The van der Waals surface area contributed by atoms with Crippen LogP contribution in [0.2, 0.25) is 0 Å². The van der Waals surface area contributed by atoms with Gasteiger partial charge in [0.25, 0.3) is 0 Å². The van der Waals surface area contributed by atoms with Gasteiger partial charge in [-0.05, 0) is 63.0 Å². The second-order valence-electron chi connectivity index (χ2n) is 9.37. The Labute approximate surface area is 268 Å². The van der Waals surface area contributed by atoms with Gasteiger partial charge in [-0.2, -0.15) is 10.5 Å². The number of rotatable bonds is 5. The largest absolute Gasteiger partial charge is 4.00 e. The Hall–Kier alpha value is -1.48. The van der Waals surface area contributed by atoms with Crippen LogP contribution in [0.25, 0.3) is 0 Å². The van der Waals surface area contributed by atoms with E-state index in [4.69, 9.17) is 10.5 Å². The third kappa shape index (κ3) is 32.3. The zero-order chi connectivity index (χ0) is 34.4. The van der Waals surface area contributed by atoms with Crippen LogP contribution in [0.4, 0.5) is 33.8 Å². The van der Waals surface area contributed by atoms with E-state index in [0.717, 1.165) is 13.1 Å². The molecular weight excluding hydrogens is 900 g/mol. The molecular formula is C24H32F12FeN6Sb2+2. The number of hydrogen-bond acceptors (Lipinski definition) is 6. The molecule has 0 saturated carbocycles. The maximum absolute atomic E-state index is 11.2. The van der Waals surface area contributed by atoms with E-state index in [9.17, 15) is 33.8 Å². The number of pyridine rings is 2. The third-order valence-electron chi connectivity index (χ3n) is 5.46. The minimum Gasteiger partial charge on any atom is -0.293 e. The van der Waals surface area contributed by atoms with E-state index < -0.39 is 39.0 Å². The molecule has 0 amide bonds. The monoisotopic (exact) mass is 930 g/mol. The molecule has 2 aliphatic rings. The van der Waals surface area contributed by atoms with E-state index in [-0.39, 0.29) is 17.1 Å². The number of halogens is 12. The molecule has 2 atom stereocenters. The average Bonchev–Trinajstić information content (AvgIpc) is 3.46. The predicted octanol–water partition coefficient (Wildman–Crippen LogP) is 8.44. The molecule has 0 radical (unpaired) electrons. The molecule has 0 aliphatic carbocycles. The quantitative estimate of drug-likeness (QED) is 0.222. The van der Waals surface area contributed by atoms with Gasteiger partial charge < -0.3 is 0 Å². The van der Waals surface area contributed by atoms with Crippen LogP contribution in [0.5, 0.6) is 0 Å². The summed E-state index contributed by atoms with van der Waals surface area (Å²) in [6.45, 7) is 7.24. The van der Waals surface area contributed by atoms with E-state index in [1.54, 1.807) is 12.1 Å².